The van der Waals surface area contributed by atoms with E-state index in [-0.39, 0.29) is 52.1 Å². The molecule has 0 radical (unpaired) electrons. The maximum Gasteiger partial charge on any atom is 0.414 e. The molecule has 384 valence electrons. The molecule has 0 unspecified atom stereocenters. The number of aliphatic hydroxyl groups excluding tert-OH is 1. The van der Waals surface area contributed by atoms with Gasteiger partial charge in [0.05, 0.1) is 61.3 Å². The van der Waals surface area contributed by atoms with Gasteiger partial charge in [-0.15, -0.1) is 0 Å². The van der Waals surface area contributed by atoms with Crippen LogP contribution in [-0.2, 0) is 23.7 Å². The van der Waals surface area contributed by atoms with E-state index in [4.69, 9.17) is 24.1 Å². The van der Waals surface area contributed by atoms with Crippen LogP contribution >= 0.6 is 0 Å². The number of nitrogens with zero attached hydrogens (tertiary/aromatic N) is 6. The molecule has 0 bridgehead atoms. The first-order valence-corrected chi connectivity index (χ1v) is 24.1. The fourth-order valence-electron chi connectivity index (χ4n) is 9.15. The Hall–Kier alpha value is -5.75. The summed E-state index contributed by atoms with van der Waals surface area (Å²) in [6.07, 6.45) is 0.601. The van der Waals surface area contributed by atoms with Crippen LogP contribution in [0.15, 0.2) is 60.7 Å². The van der Waals surface area contributed by atoms with Crippen molar-refractivity contribution in [3.8, 4) is 0 Å². The zero-order valence-corrected chi connectivity index (χ0v) is 42.1. The molecule has 5 fully saturated rings. The van der Waals surface area contributed by atoms with Gasteiger partial charge in [0.25, 0.3) is 0 Å². The van der Waals surface area contributed by atoms with Crippen molar-refractivity contribution < 1.29 is 56.4 Å². The minimum absolute atomic E-state index is 0.0373. The SMILES string of the molecule is CC(C)(C)C[C@@H]1CN(c2ccc(N3CCN(C(=O)CO)CC3)c(F)c2)C(=O)O1.CC(C)(C)C[C@@H]1CN(c2ccc(N3CCOCC3)c(F)c2)C(=O)O1.CC(C)(C)C[C@@H]1CN(c2cccc(F)c2)C(=O)O1. The summed E-state index contributed by atoms with van der Waals surface area (Å²) in [7, 11) is 0. The van der Waals surface area contributed by atoms with Gasteiger partial charge in [0.1, 0.15) is 42.4 Å². The predicted molar refractivity (Wildman–Crippen MR) is 263 cm³/mol. The number of halogens is 3. The highest BCUT2D eigenvalue weighted by atomic mass is 19.1. The molecule has 5 aliphatic heterocycles. The third-order valence-corrected chi connectivity index (χ3v) is 12.2. The van der Waals surface area contributed by atoms with Crippen molar-refractivity contribution in [2.75, 3.05) is 103 Å². The fourth-order valence-corrected chi connectivity index (χ4v) is 9.15. The number of rotatable bonds is 9. The molecule has 0 aliphatic carbocycles. The Morgan fingerprint density at radius 3 is 1.30 bits per heavy atom. The number of carbonyl (C=O) groups is 4. The van der Waals surface area contributed by atoms with Crippen molar-refractivity contribution in [3.05, 3.63) is 78.1 Å². The number of aliphatic hydroxyl groups is 1. The number of amides is 4. The molecule has 1 N–H and O–H groups in total. The van der Waals surface area contributed by atoms with E-state index in [1.165, 1.54) is 39.0 Å². The average Bonchev–Trinajstić information content (AvgIpc) is 3.95. The second-order valence-electron chi connectivity index (χ2n) is 22.0. The summed E-state index contributed by atoms with van der Waals surface area (Å²) < 4.78 is 63.9. The minimum atomic E-state index is -0.509. The van der Waals surface area contributed by atoms with Crippen LogP contribution in [0.5, 0.6) is 0 Å². The van der Waals surface area contributed by atoms with E-state index in [9.17, 15) is 32.3 Å². The smallest absolute Gasteiger partial charge is 0.414 e. The molecule has 3 aromatic carbocycles. The normalized spacial score (nSPS) is 20.9. The van der Waals surface area contributed by atoms with Gasteiger partial charge in [-0.25, -0.2) is 27.6 Å². The van der Waals surface area contributed by atoms with Crippen LogP contribution in [0.25, 0.3) is 0 Å². The first-order chi connectivity index (χ1) is 32.9. The highest BCUT2D eigenvalue weighted by molar-refractivity contribution is 5.91. The Kier molecular flexibility index (Phi) is 17.3. The predicted octanol–water partition coefficient (Wildman–Crippen LogP) is 9.24. The van der Waals surface area contributed by atoms with Gasteiger partial charge >= 0.3 is 18.3 Å². The molecule has 4 amide bonds. The zero-order valence-electron chi connectivity index (χ0n) is 42.1. The lowest BCUT2D eigenvalue weighted by Gasteiger charge is -2.36. The topological polar surface area (TPSA) is 145 Å². The number of piperazine rings is 1. The number of cyclic esters (lactones) is 3. The summed E-state index contributed by atoms with van der Waals surface area (Å²) in [6.45, 7) is 24.2. The van der Waals surface area contributed by atoms with Crippen LogP contribution in [0, 0.1) is 33.7 Å². The van der Waals surface area contributed by atoms with Crippen molar-refractivity contribution >= 4 is 52.6 Å². The molecule has 0 spiro atoms. The van der Waals surface area contributed by atoms with Crippen LogP contribution < -0.4 is 24.5 Å². The number of hydrogen-bond donors (Lipinski definition) is 1. The zero-order chi connectivity index (χ0) is 51.1. The standard InChI is InChI=1S/C20H28FN3O4.C18H25FN2O3.C14H18FNO2/c1-20(2,3)11-15-12-24(19(27)28-15)14-4-5-17(16(21)10-14)22-6-8-23(9-7-22)18(26)13-25;1-18(2,3)11-14-12-21(17(22)24-14)13-4-5-16(15(19)10-13)20-6-8-23-9-7-20;1-14(2,3)8-12-9-16(13(17)18-12)11-6-4-5-10(15)7-11/h4-5,10,15,25H,6-9,11-13H2,1-3H3;4-5,10,14H,6-9,11-12H2,1-3H3;4-7,12H,8-9H2,1-3H3/t15-;14-;12-/m111/s1. The van der Waals surface area contributed by atoms with Gasteiger partial charge in [0, 0.05) is 39.3 Å². The Labute approximate surface area is 410 Å². The third-order valence-electron chi connectivity index (χ3n) is 12.2. The van der Waals surface area contributed by atoms with E-state index in [2.05, 4.69) is 62.3 Å². The number of anilines is 5. The molecule has 5 heterocycles. The molecule has 3 atom stereocenters. The fraction of sp³-hybridized carbons (Fsp3) is 0.577. The number of morpholine rings is 1. The van der Waals surface area contributed by atoms with Crippen molar-refractivity contribution in [3.63, 3.8) is 0 Å². The van der Waals surface area contributed by atoms with E-state index in [0.717, 1.165) is 19.3 Å². The number of carbonyl (C=O) groups excluding carboxylic acids is 4. The van der Waals surface area contributed by atoms with Gasteiger partial charge in [-0.05, 0) is 90.1 Å². The van der Waals surface area contributed by atoms with E-state index >= 15 is 0 Å². The number of ether oxygens (including phenoxy) is 4. The lowest BCUT2D eigenvalue weighted by Crippen LogP contribution is -2.49. The Bertz CT molecular complexity index is 2300. The van der Waals surface area contributed by atoms with Gasteiger partial charge in [0.15, 0.2) is 0 Å². The molecule has 18 heteroatoms. The van der Waals surface area contributed by atoms with Crippen molar-refractivity contribution in [1.82, 2.24) is 4.90 Å². The first-order valence-electron chi connectivity index (χ1n) is 24.1. The van der Waals surface area contributed by atoms with Gasteiger partial charge < -0.3 is 38.8 Å². The van der Waals surface area contributed by atoms with Crippen LogP contribution in [-0.4, -0.2) is 131 Å². The van der Waals surface area contributed by atoms with E-state index in [1.807, 2.05) is 9.80 Å². The molecule has 0 aromatic heterocycles. The summed E-state index contributed by atoms with van der Waals surface area (Å²) in [6, 6.07) is 15.7. The molecular weight excluding hydrogens is 910 g/mol. The van der Waals surface area contributed by atoms with Crippen LogP contribution in [0.4, 0.5) is 56.0 Å². The third kappa shape index (κ3) is 14.9. The summed E-state index contributed by atoms with van der Waals surface area (Å²) in [5.41, 5.74) is 2.80. The van der Waals surface area contributed by atoms with Gasteiger partial charge in [-0.2, -0.15) is 0 Å². The number of benzene rings is 3. The largest absolute Gasteiger partial charge is 0.444 e. The van der Waals surface area contributed by atoms with E-state index in [0.29, 0.717) is 101 Å². The number of hydrogen-bond acceptors (Lipinski definition) is 11. The van der Waals surface area contributed by atoms with Crippen molar-refractivity contribution in [2.24, 2.45) is 16.2 Å². The van der Waals surface area contributed by atoms with Crippen LogP contribution in [0.1, 0.15) is 81.6 Å². The minimum Gasteiger partial charge on any atom is -0.444 e. The second kappa shape index (κ2) is 22.6. The van der Waals surface area contributed by atoms with Crippen LogP contribution in [0.2, 0.25) is 0 Å². The quantitative estimate of drug-likeness (QED) is 0.205. The van der Waals surface area contributed by atoms with E-state index < -0.39 is 30.7 Å². The lowest BCUT2D eigenvalue weighted by molar-refractivity contribution is -0.134. The first kappa shape index (κ1) is 53.6. The molecule has 3 aromatic rings. The second-order valence-corrected chi connectivity index (χ2v) is 22.0. The molecule has 0 saturated carbocycles. The average molecular weight is 981 g/mol. The van der Waals surface area contributed by atoms with Gasteiger partial charge in [0.2, 0.25) is 5.91 Å². The Morgan fingerprint density at radius 2 is 0.943 bits per heavy atom. The molecule has 15 nitrogen and oxygen atoms in total. The summed E-state index contributed by atoms with van der Waals surface area (Å²) in [5.74, 6) is -1.39. The Morgan fingerprint density at radius 1 is 0.557 bits per heavy atom. The van der Waals surface area contributed by atoms with E-state index in [1.54, 1.807) is 41.3 Å². The lowest BCUT2D eigenvalue weighted by atomic mass is 9.89. The van der Waals surface area contributed by atoms with Gasteiger partial charge in [-0.3, -0.25) is 19.5 Å². The highest BCUT2D eigenvalue weighted by Gasteiger charge is 2.38. The summed E-state index contributed by atoms with van der Waals surface area (Å²) in [4.78, 5) is 57.5. The monoisotopic (exact) mass is 981 g/mol. The van der Waals surface area contributed by atoms with Crippen molar-refractivity contribution in [1.29, 1.82) is 0 Å². The summed E-state index contributed by atoms with van der Waals surface area (Å²) >= 11 is 0. The molecule has 5 aliphatic rings. The molecule has 5 saturated heterocycles. The molecule has 70 heavy (non-hydrogen) atoms. The Balaban J connectivity index is 0.000000176. The van der Waals surface area contributed by atoms with Gasteiger partial charge in [-0.1, -0.05) is 68.4 Å². The maximum atomic E-state index is 14.8. The molecule has 8 rings (SSSR count). The maximum absolute atomic E-state index is 14.8. The van der Waals surface area contributed by atoms with Crippen LogP contribution in [0.3, 0.4) is 0 Å². The molecular formula is C52H71F3N6O9. The van der Waals surface area contributed by atoms with Crippen molar-refractivity contribution in [2.45, 2.75) is 99.9 Å². The highest BCUT2D eigenvalue weighted by Crippen LogP contribution is 2.34. The summed E-state index contributed by atoms with van der Waals surface area (Å²) in [5, 5.41) is 8.94.